The van der Waals surface area contributed by atoms with Crippen LogP contribution in [0, 0.1) is 0 Å². The SMILES string of the molecule is COC(=O)C1CCCN1CC(=O)NC(=O)NC1CC1. The summed E-state index contributed by atoms with van der Waals surface area (Å²) in [5, 5.41) is 4.95. The summed E-state index contributed by atoms with van der Waals surface area (Å²) in [5.41, 5.74) is 0. The number of amides is 3. The van der Waals surface area contributed by atoms with Gasteiger partial charge in [-0.2, -0.15) is 0 Å². The van der Waals surface area contributed by atoms with Gasteiger partial charge in [0.1, 0.15) is 6.04 Å². The summed E-state index contributed by atoms with van der Waals surface area (Å²) in [6, 6.07) is -0.619. The van der Waals surface area contributed by atoms with Gasteiger partial charge in [0, 0.05) is 6.04 Å². The third-order valence-electron chi connectivity index (χ3n) is 3.35. The van der Waals surface area contributed by atoms with Gasteiger partial charge in [-0.15, -0.1) is 0 Å². The number of rotatable bonds is 4. The van der Waals surface area contributed by atoms with Crippen molar-refractivity contribution in [2.24, 2.45) is 0 Å². The number of carbonyl (C=O) groups is 3. The van der Waals surface area contributed by atoms with Gasteiger partial charge >= 0.3 is 12.0 Å². The lowest BCUT2D eigenvalue weighted by Gasteiger charge is -2.21. The van der Waals surface area contributed by atoms with Crippen LogP contribution in [0.5, 0.6) is 0 Å². The predicted molar refractivity (Wildman–Crippen MR) is 66.3 cm³/mol. The lowest BCUT2D eigenvalue weighted by molar-refractivity contribution is -0.146. The van der Waals surface area contributed by atoms with Crippen LogP contribution in [0.4, 0.5) is 4.79 Å². The maximum Gasteiger partial charge on any atom is 0.323 e. The molecule has 19 heavy (non-hydrogen) atoms. The second kappa shape index (κ2) is 6.01. The van der Waals surface area contributed by atoms with Gasteiger partial charge in [0.05, 0.1) is 13.7 Å². The maximum absolute atomic E-state index is 11.7. The molecular weight excluding hydrogens is 250 g/mol. The van der Waals surface area contributed by atoms with Crippen LogP contribution in [0.25, 0.3) is 0 Å². The molecule has 1 saturated heterocycles. The van der Waals surface area contributed by atoms with Gasteiger partial charge in [-0.3, -0.25) is 19.8 Å². The van der Waals surface area contributed by atoms with Crippen molar-refractivity contribution >= 4 is 17.9 Å². The molecule has 0 radical (unpaired) electrons. The number of carbonyl (C=O) groups excluding carboxylic acids is 3. The lowest BCUT2D eigenvalue weighted by atomic mass is 10.2. The molecule has 0 aromatic carbocycles. The van der Waals surface area contributed by atoms with Crippen LogP contribution in [0.15, 0.2) is 0 Å². The quantitative estimate of drug-likeness (QED) is 0.679. The molecule has 0 spiro atoms. The molecule has 1 atom stereocenters. The van der Waals surface area contributed by atoms with E-state index in [4.69, 9.17) is 4.74 Å². The Balaban J connectivity index is 1.77. The Labute approximate surface area is 111 Å². The average Bonchev–Trinajstić information content (AvgIpc) is 3.04. The number of methoxy groups -OCH3 is 1. The Morgan fingerprint density at radius 1 is 1.26 bits per heavy atom. The molecule has 0 bridgehead atoms. The topological polar surface area (TPSA) is 87.7 Å². The van der Waals surface area contributed by atoms with Gasteiger partial charge in [-0.05, 0) is 32.2 Å². The van der Waals surface area contributed by atoms with Crippen molar-refractivity contribution in [3.63, 3.8) is 0 Å². The first-order valence-electron chi connectivity index (χ1n) is 6.52. The van der Waals surface area contributed by atoms with Crippen molar-refractivity contribution in [2.75, 3.05) is 20.2 Å². The molecule has 1 unspecified atom stereocenters. The lowest BCUT2D eigenvalue weighted by Crippen LogP contribution is -2.47. The van der Waals surface area contributed by atoms with Gasteiger partial charge in [-0.25, -0.2) is 4.79 Å². The maximum atomic E-state index is 11.7. The molecule has 3 amide bonds. The highest BCUT2D eigenvalue weighted by molar-refractivity contribution is 5.95. The molecule has 1 heterocycles. The summed E-state index contributed by atoms with van der Waals surface area (Å²) in [4.78, 5) is 36.3. The van der Waals surface area contributed by atoms with Crippen molar-refractivity contribution in [2.45, 2.75) is 37.8 Å². The van der Waals surface area contributed by atoms with E-state index in [-0.39, 0.29) is 24.6 Å². The number of nitrogens with one attached hydrogen (secondary N) is 2. The van der Waals surface area contributed by atoms with E-state index in [0.717, 1.165) is 19.3 Å². The third kappa shape index (κ3) is 3.92. The van der Waals surface area contributed by atoms with Crippen LogP contribution in [0.3, 0.4) is 0 Å². The fraction of sp³-hybridized carbons (Fsp3) is 0.750. The monoisotopic (exact) mass is 269 g/mol. The van der Waals surface area contributed by atoms with E-state index < -0.39 is 11.9 Å². The number of urea groups is 1. The zero-order valence-corrected chi connectivity index (χ0v) is 11.0. The fourth-order valence-electron chi connectivity index (χ4n) is 2.22. The number of likely N-dealkylation sites (tertiary alicyclic amines) is 1. The summed E-state index contributed by atoms with van der Waals surface area (Å²) >= 11 is 0. The Kier molecular flexibility index (Phi) is 4.36. The van der Waals surface area contributed by atoms with Crippen molar-refractivity contribution in [1.82, 2.24) is 15.5 Å². The van der Waals surface area contributed by atoms with Crippen LogP contribution < -0.4 is 10.6 Å². The Morgan fingerprint density at radius 3 is 2.63 bits per heavy atom. The standard InChI is InChI=1S/C12H19N3O4/c1-19-11(17)9-3-2-6-15(9)7-10(16)14-12(18)13-8-4-5-8/h8-9H,2-7H2,1H3,(H2,13,14,16,18). The number of nitrogens with zero attached hydrogens (tertiary/aromatic N) is 1. The second-order valence-electron chi connectivity index (χ2n) is 4.95. The van der Waals surface area contributed by atoms with E-state index >= 15 is 0 Å². The van der Waals surface area contributed by atoms with E-state index in [2.05, 4.69) is 10.6 Å². The molecule has 2 N–H and O–H groups in total. The average molecular weight is 269 g/mol. The van der Waals surface area contributed by atoms with Gasteiger partial charge in [-0.1, -0.05) is 0 Å². The molecule has 7 heteroatoms. The van der Waals surface area contributed by atoms with Crippen LogP contribution in [0.1, 0.15) is 25.7 Å². The van der Waals surface area contributed by atoms with E-state index in [1.54, 1.807) is 4.90 Å². The van der Waals surface area contributed by atoms with E-state index in [1.165, 1.54) is 7.11 Å². The zero-order chi connectivity index (χ0) is 13.8. The Hall–Kier alpha value is -1.63. The molecule has 1 aliphatic heterocycles. The molecule has 7 nitrogen and oxygen atoms in total. The van der Waals surface area contributed by atoms with Gasteiger partial charge in [0.2, 0.25) is 5.91 Å². The first kappa shape index (κ1) is 13.8. The van der Waals surface area contributed by atoms with E-state index in [0.29, 0.717) is 13.0 Å². The van der Waals surface area contributed by atoms with Crippen LogP contribution in [0.2, 0.25) is 0 Å². The van der Waals surface area contributed by atoms with Crippen molar-refractivity contribution in [3.05, 3.63) is 0 Å². The van der Waals surface area contributed by atoms with Crippen LogP contribution in [-0.2, 0) is 14.3 Å². The first-order chi connectivity index (χ1) is 9.10. The second-order valence-corrected chi connectivity index (χ2v) is 4.95. The highest BCUT2D eigenvalue weighted by atomic mass is 16.5. The van der Waals surface area contributed by atoms with Crippen molar-refractivity contribution < 1.29 is 19.1 Å². The zero-order valence-electron chi connectivity index (χ0n) is 11.0. The highest BCUT2D eigenvalue weighted by Crippen LogP contribution is 2.18. The number of ether oxygens (including phenoxy) is 1. The molecule has 1 aliphatic carbocycles. The van der Waals surface area contributed by atoms with Crippen LogP contribution >= 0.6 is 0 Å². The minimum Gasteiger partial charge on any atom is -0.468 e. The first-order valence-corrected chi connectivity index (χ1v) is 6.52. The highest BCUT2D eigenvalue weighted by Gasteiger charge is 2.33. The Morgan fingerprint density at radius 2 is 2.00 bits per heavy atom. The van der Waals surface area contributed by atoms with Gasteiger partial charge in [0.15, 0.2) is 0 Å². The normalized spacial score (nSPS) is 22.9. The number of esters is 1. The summed E-state index contributed by atoms with van der Waals surface area (Å²) < 4.78 is 4.70. The van der Waals surface area contributed by atoms with E-state index in [9.17, 15) is 14.4 Å². The molecule has 0 aromatic heterocycles. The smallest absolute Gasteiger partial charge is 0.323 e. The summed E-state index contributed by atoms with van der Waals surface area (Å²) in [5.74, 6) is -0.721. The molecule has 2 aliphatic rings. The molecule has 2 rings (SSSR count). The number of hydrogen-bond acceptors (Lipinski definition) is 5. The van der Waals surface area contributed by atoms with E-state index in [1.807, 2.05) is 0 Å². The van der Waals surface area contributed by atoms with Gasteiger partial charge < -0.3 is 10.1 Å². The molecule has 2 fully saturated rings. The largest absolute Gasteiger partial charge is 0.468 e. The molecule has 106 valence electrons. The minimum atomic E-state index is -0.457. The number of hydrogen-bond donors (Lipinski definition) is 2. The predicted octanol–water partition coefficient (Wildman–Crippen LogP) is -0.388. The van der Waals surface area contributed by atoms with Crippen LogP contribution in [-0.4, -0.2) is 55.1 Å². The summed E-state index contributed by atoms with van der Waals surface area (Å²) in [6.45, 7) is 0.704. The fourth-order valence-corrected chi connectivity index (χ4v) is 2.22. The molecule has 1 saturated carbocycles. The third-order valence-corrected chi connectivity index (χ3v) is 3.35. The molecular formula is C12H19N3O4. The Bertz CT molecular complexity index is 381. The molecule has 0 aromatic rings. The van der Waals surface area contributed by atoms with Gasteiger partial charge in [0.25, 0.3) is 0 Å². The summed E-state index contributed by atoms with van der Waals surface area (Å²) in [6.07, 6.45) is 3.48. The minimum absolute atomic E-state index is 0.0395. The summed E-state index contributed by atoms with van der Waals surface area (Å²) in [7, 11) is 1.34. The van der Waals surface area contributed by atoms with Crippen molar-refractivity contribution in [1.29, 1.82) is 0 Å². The number of imide groups is 1. The van der Waals surface area contributed by atoms with Crippen molar-refractivity contribution in [3.8, 4) is 0 Å².